The van der Waals surface area contributed by atoms with Crippen molar-refractivity contribution in [3.05, 3.63) is 73.9 Å². The second-order valence-corrected chi connectivity index (χ2v) is 5.86. The van der Waals surface area contributed by atoms with Gasteiger partial charge in [0.15, 0.2) is 11.4 Å². The quantitative estimate of drug-likeness (QED) is 0.336. The van der Waals surface area contributed by atoms with Gasteiger partial charge in [0.2, 0.25) is 5.90 Å². The number of carbonyl (C=O) groups excluding carboxylic acids is 1. The lowest BCUT2D eigenvalue weighted by molar-refractivity contribution is -0.385. The molecule has 0 radical (unpaired) electrons. The molecule has 0 bridgehead atoms. The van der Waals surface area contributed by atoms with Crippen molar-refractivity contribution in [3.8, 4) is 5.75 Å². The maximum Gasteiger partial charge on any atom is 0.363 e. The minimum Gasteiger partial charge on any atom is -0.490 e. The standard InChI is InChI=1S/C17H11BrN2O5/c1-24-15-7-6-11(9-14(15)20(22)23)16-19-13(17(21)25-16)8-10-4-2-3-5-12(10)18/h2-9H,1H3. The fraction of sp³-hybridized carbons (Fsp3) is 0.0588. The molecule has 7 nitrogen and oxygen atoms in total. The van der Waals surface area contributed by atoms with Crippen LogP contribution in [0, 0.1) is 10.1 Å². The fourth-order valence-corrected chi connectivity index (χ4v) is 2.64. The smallest absolute Gasteiger partial charge is 0.363 e. The van der Waals surface area contributed by atoms with Crippen molar-refractivity contribution >= 4 is 39.6 Å². The zero-order valence-electron chi connectivity index (χ0n) is 12.9. The largest absolute Gasteiger partial charge is 0.490 e. The Morgan fingerprint density at radius 1 is 1.28 bits per heavy atom. The monoisotopic (exact) mass is 402 g/mol. The molecular formula is C17H11BrN2O5. The van der Waals surface area contributed by atoms with Crippen LogP contribution < -0.4 is 4.74 Å². The summed E-state index contributed by atoms with van der Waals surface area (Å²) in [6.45, 7) is 0. The van der Waals surface area contributed by atoms with Crippen molar-refractivity contribution in [2.24, 2.45) is 4.99 Å². The van der Waals surface area contributed by atoms with E-state index in [1.54, 1.807) is 12.1 Å². The van der Waals surface area contributed by atoms with Gasteiger partial charge in [-0.1, -0.05) is 34.1 Å². The third kappa shape index (κ3) is 3.43. The van der Waals surface area contributed by atoms with Gasteiger partial charge in [-0.15, -0.1) is 0 Å². The van der Waals surface area contributed by atoms with E-state index in [0.717, 1.165) is 10.0 Å². The molecule has 0 saturated carbocycles. The Morgan fingerprint density at radius 2 is 2.04 bits per heavy atom. The number of methoxy groups -OCH3 is 1. The van der Waals surface area contributed by atoms with Crippen molar-refractivity contribution in [2.75, 3.05) is 7.11 Å². The van der Waals surface area contributed by atoms with Gasteiger partial charge in [-0.3, -0.25) is 10.1 Å². The summed E-state index contributed by atoms with van der Waals surface area (Å²) in [6.07, 6.45) is 1.58. The van der Waals surface area contributed by atoms with Gasteiger partial charge in [0.25, 0.3) is 0 Å². The Hall–Kier alpha value is -3.00. The van der Waals surface area contributed by atoms with Crippen molar-refractivity contribution < 1.29 is 19.2 Å². The van der Waals surface area contributed by atoms with E-state index in [1.807, 2.05) is 24.3 Å². The molecule has 25 heavy (non-hydrogen) atoms. The van der Waals surface area contributed by atoms with Crippen LogP contribution in [0.4, 0.5) is 5.69 Å². The number of nitro benzene ring substituents is 1. The first-order valence-corrected chi connectivity index (χ1v) is 7.89. The topological polar surface area (TPSA) is 91.0 Å². The minimum absolute atomic E-state index is 0.00839. The van der Waals surface area contributed by atoms with Crippen LogP contribution in [-0.4, -0.2) is 23.9 Å². The van der Waals surface area contributed by atoms with Gasteiger partial charge in [0.05, 0.1) is 12.0 Å². The van der Waals surface area contributed by atoms with Crippen molar-refractivity contribution in [2.45, 2.75) is 0 Å². The lowest BCUT2D eigenvalue weighted by atomic mass is 10.2. The van der Waals surface area contributed by atoms with Crippen LogP contribution in [0.15, 0.2) is 57.6 Å². The summed E-state index contributed by atoms with van der Waals surface area (Å²) in [5.41, 5.74) is 0.957. The van der Waals surface area contributed by atoms with Crippen molar-refractivity contribution in [1.29, 1.82) is 0 Å². The zero-order chi connectivity index (χ0) is 18.0. The van der Waals surface area contributed by atoms with E-state index in [-0.39, 0.29) is 23.0 Å². The van der Waals surface area contributed by atoms with Gasteiger partial charge >= 0.3 is 11.7 Å². The molecule has 3 rings (SSSR count). The summed E-state index contributed by atoms with van der Waals surface area (Å²) in [7, 11) is 1.34. The second-order valence-electron chi connectivity index (χ2n) is 5.00. The molecular weight excluding hydrogens is 392 g/mol. The second kappa shape index (κ2) is 6.86. The number of nitro groups is 1. The predicted octanol–water partition coefficient (Wildman–Crippen LogP) is 3.71. The molecule has 0 amide bonds. The fourth-order valence-electron chi connectivity index (χ4n) is 2.24. The molecule has 1 heterocycles. The SMILES string of the molecule is COc1ccc(C2=NC(=Cc3ccccc3Br)C(=O)O2)cc1[N+](=O)[O-]. The molecule has 0 aromatic heterocycles. The number of rotatable bonds is 4. The van der Waals surface area contributed by atoms with Crippen LogP contribution in [0.2, 0.25) is 0 Å². The Labute approximate surface area is 150 Å². The molecule has 0 atom stereocenters. The van der Waals surface area contributed by atoms with Crippen molar-refractivity contribution in [1.82, 2.24) is 0 Å². The van der Waals surface area contributed by atoms with Crippen LogP contribution in [0.3, 0.4) is 0 Å². The zero-order valence-corrected chi connectivity index (χ0v) is 14.5. The first-order valence-electron chi connectivity index (χ1n) is 7.09. The highest BCUT2D eigenvalue weighted by Gasteiger charge is 2.26. The van der Waals surface area contributed by atoms with Gasteiger partial charge in [0.1, 0.15) is 0 Å². The Morgan fingerprint density at radius 3 is 2.72 bits per heavy atom. The number of cyclic esters (lactones) is 1. The number of esters is 1. The summed E-state index contributed by atoms with van der Waals surface area (Å²) in [4.78, 5) is 26.7. The third-order valence-corrected chi connectivity index (χ3v) is 4.16. The number of halogens is 1. The molecule has 2 aromatic carbocycles. The number of benzene rings is 2. The van der Waals surface area contributed by atoms with E-state index in [2.05, 4.69) is 20.9 Å². The van der Waals surface area contributed by atoms with Gasteiger partial charge in [-0.05, 0) is 29.8 Å². The van der Waals surface area contributed by atoms with Crippen LogP contribution in [0.1, 0.15) is 11.1 Å². The number of hydrogen-bond donors (Lipinski definition) is 0. The summed E-state index contributed by atoms with van der Waals surface area (Å²) >= 11 is 3.39. The van der Waals surface area contributed by atoms with E-state index >= 15 is 0 Å². The first-order chi connectivity index (χ1) is 12.0. The molecule has 2 aromatic rings. The average Bonchev–Trinajstić information content (AvgIpc) is 2.97. The summed E-state index contributed by atoms with van der Waals surface area (Å²) in [5.74, 6) is -0.499. The van der Waals surface area contributed by atoms with E-state index in [4.69, 9.17) is 9.47 Å². The van der Waals surface area contributed by atoms with E-state index in [0.29, 0.717) is 5.56 Å². The lowest BCUT2D eigenvalue weighted by Crippen LogP contribution is -2.06. The molecule has 0 N–H and O–H groups in total. The van der Waals surface area contributed by atoms with E-state index < -0.39 is 10.9 Å². The normalized spacial score (nSPS) is 15.0. The predicted molar refractivity (Wildman–Crippen MR) is 94.4 cm³/mol. The molecule has 0 spiro atoms. The average molecular weight is 403 g/mol. The van der Waals surface area contributed by atoms with E-state index in [1.165, 1.54) is 19.2 Å². The highest BCUT2D eigenvalue weighted by Crippen LogP contribution is 2.30. The highest BCUT2D eigenvalue weighted by molar-refractivity contribution is 9.10. The molecule has 1 aliphatic heterocycles. The Balaban J connectivity index is 1.99. The van der Waals surface area contributed by atoms with Crippen LogP contribution >= 0.6 is 15.9 Å². The lowest BCUT2D eigenvalue weighted by Gasteiger charge is -2.03. The number of aliphatic imine (C=N–C) groups is 1. The van der Waals surface area contributed by atoms with Crippen LogP contribution in [0.25, 0.3) is 6.08 Å². The first kappa shape index (κ1) is 16.8. The minimum atomic E-state index is -0.621. The maximum absolute atomic E-state index is 12.0. The Bertz CT molecular complexity index is 936. The van der Waals surface area contributed by atoms with Gasteiger partial charge in [0, 0.05) is 16.1 Å². The summed E-state index contributed by atoms with van der Waals surface area (Å²) < 4.78 is 10.9. The maximum atomic E-state index is 12.0. The summed E-state index contributed by atoms with van der Waals surface area (Å²) in [5, 5.41) is 11.1. The van der Waals surface area contributed by atoms with Crippen molar-refractivity contribution in [3.63, 3.8) is 0 Å². The van der Waals surface area contributed by atoms with Gasteiger partial charge in [-0.25, -0.2) is 9.79 Å². The number of hydrogen-bond acceptors (Lipinski definition) is 6. The molecule has 0 aliphatic carbocycles. The molecule has 8 heteroatoms. The Kier molecular flexibility index (Phi) is 4.62. The summed E-state index contributed by atoms with van der Waals surface area (Å²) in [6, 6.07) is 11.6. The number of ether oxygens (including phenoxy) is 2. The van der Waals surface area contributed by atoms with Crippen LogP contribution in [-0.2, 0) is 9.53 Å². The molecule has 0 unspecified atom stereocenters. The molecule has 126 valence electrons. The molecule has 0 saturated heterocycles. The van der Waals surface area contributed by atoms with E-state index in [9.17, 15) is 14.9 Å². The number of carbonyl (C=O) groups is 1. The molecule has 0 fully saturated rings. The molecule has 1 aliphatic rings. The highest BCUT2D eigenvalue weighted by atomic mass is 79.9. The van der Waals surface area contributed by atoms with Gasteiger partial charge < -0.3 is 9.47 Å². The number of nitrogens with zero attached hydrogens (tertiary/aromatic N) is 2. The third-order valence-electron chi connectivity index (χ3n) is 3.44. The van der Waals surface area contributed by atoms with Gasteiger partial charge in [-0.2, -0.15) is 0 Å². The van der Waals surface area contributed by atoms with Crippen LogP contribution in [0.5, 0.6) is 5.75 Å².